The third kappa shape index (κ3) is 4.42. The normalized spacial score (nSPS) is 12.1. The van der Waals surface area contributed by atoms with E-state index in [1.165, 1.54) is 6.08 Å². The SMILES string of the molecule is C=C/C(=C\C(C)=C/C)C(=O)OCc1ccccc1. The molecule has 1 rings (SSSR count). The molecule has 0 N–H and O–H groups in total. The highest BCUT2D eigenvalue weighted by molar-refractivity contribution is 5.91. The van der Waals surface area contributed by atoms with E-state index in [0.717, 1.165) is 11.1 Å². The maximum atomic E-state index is 11.8. The van der Waals surface area contributed by atoms with E-state index in [9.17, 15) is 4.79 Å². The highest BCUT2D eigenvalue weighted by Gasteiger charge is 2.07. The highest BCUT2D eigenvalue weighted by atomic mass is 16.5. The molecule has 0 saturated carbocycles. The summed E-state index contributed by atoms with van der Waals surface area (Å²) in [5.41, 5.74) is 2.44. The summed E-state index contributed by atoms with van der Waals surface area (Å²) in [5, 5.41) is 0. The van der Waals surface area contributed by atoms with Crippen LogP contribution in [0.3, 0.4) is 0 Å². The standard InChI is InChI=1S/C16H18O2/c1-4-13(3)11-15(5-2)16(17)18-12-14-9-7-6-8-10-14/h4-11H,2,12H2,1,3H3/b13-4-,15-11+. The van der Waals surface area contributed by atoms with E-state index in [4.69, 9.17) is 4.74 Å². The molecule has 0 bridgehead atoms. The maximum Gasteiger partial charge on any atom is 0.338 e. The number of carbonyl (C=O) groups is 1. The van der Waals surface area contributed by atoms with Crippen molar-refractivity contribution >= 4 is 5.97 Å². The number of carbonyl (C=O) groups excluding carboxylic acids is 1. The minimum atomic E-state index is -0.352. The Morgan fingerprint density at radius 2 is 2.00 bits per heavy atom. The lowest BCUT2D eigenvalue weighted by Crippen LogP contribution is -2.06. The molecular weight excluding hydrogens is 224 g/mol. The summed E-state index contributed by atoms with van der Waals surface area (Å²) >= 11 is 0. The van der Waals surface area contributed by atoms with Gasteiger partial charge in [-0.1, -0.05) is 54.6 Å². The molecule has 18 heavy (non-hydrogen) atoms. The maximum absolute atomic E-state index is 11.8. The van der Waals surface area contributed by atoms with Crippen molar-refractivity contribution in [3.8, 4) is 0 Å². The van der Waals surface area contributed by atoms with Gasteiger partial charge in [-0.3, -0.25) is 0 Å². The molecule has 94 valence electrons. The average Bonchev–Trinajstić information content (AvgIpc) is 2.42. The Bertz CT molecular complexity index is 467. The fourth-order valence-electron chi connectivity index (χ4n) is 1.34. The zero-order valence-electron chi connectivity index (χ0n) is 10.8. The average molecular weight is 242 g/mol. The van der Waals surface area contributed by atoms with Gasteiger partial charge >= 0.3 is 5.97 Å². The molecule has 2 nitrogen and oxygen atoms in total. The molecule has 0 aliphatic carbocycles. The molecule has 1 aromatic rings. The van der Waals surface area contributed by atoms with Crippen molar-refractivity contribution in [1.29, 1.82) is 0 Å². The molecule has 0 saturated heterocycles. The Morgan fingerprint density at radius 3 is 2.56 bits per heavy atom. The van der Waals surface area contributed by atoms with Crippen molar-refractivity contribution in [3.63, 3.8) is 0 Å². The summed E-state index contributed by atoms with van der Waals surface area (Å²) in [4.78, 5) is 11.8. The van der Waals surface area contributed by atoms with E-state index < -0.39 is 0 Å². The molecule has 0 unspecified atom stereocenters. The lowest BCUT2D eigenvalue weighted by molar-refractivity contribution is -0.139. The minimum Gasteiger partial charge on any atom is -0.457 e. The smallest absolute Gasteiger partial charge is 0.338 e. The topological polar surface area (TPSA) is 26.3 Å². The number of rotatable bonds is 5. The summed E-state index contributed by atoms with van der Waals surface area (Å²) in [5.74, 6) is -0.352. The summed E-state index contributed by atoms with van der Waals surface area (Å²) in [7, 11) is 0. The molecule has 0 heterocycles. The first-order chi connectivity index (χ1) is 8.67. The number of allylic oxidation sites excluding steroid dienone is 3. The van der Waals surface area contributed by atoms with Gasteiger partial charge in [0.05, 0.1) is 5.57 Å². The number of hydrogen-bond donors (Lipinski definition) is 0. The fourth-order valence-corrected chi connectivity index (χ4v) is 1.34. The first-order valence-corrected chi connectivity index (χ1v) is 5.85. The van der Waals surface area contributed by atoms with Crippen LogP contribution in [0.1, 0.15) is 19.4 Å². The summed E-state index contributed by atoms with van der Waals surface area (Å²) in [6, 6.07) is 9.59. The molecule has 0 aliphatic rings. The Labute approximate surface area is 108 Å². The molecule has 0 amide bonds. The zero-order chi connectivity index (χ0) is 13.4. The molecule has 2 heteroatoms. The van der Waals surface area contributed by atoms with Crippen molar-refractivity contribution in [3.05, 3.63) is 71.8 Å². The van der Waals surface area contributed by atoms with Gasteiger partial charge in [0.2, 0.25) is 0 Å². The molecule has 0 spiro atoms. The summed E-state index contributed by atoms with van der Waals surface area (Å²) < 4.78 is 5.22. The van der Waals surface area contributed by atoms with Gasteiger partial charge in [-0.25, -0.2) is 4.79 Å². The third-order valence-corrected chi connectivity index (χ3v) is 2.51. The van der Waals surface area contributed by atoms with Crippen molar-refractivity contribution < 1.29 is 9.53 Å². The lowest BCUT2D eigenvalue weighted by Gasteiger charge is -2.05. The van der Waals surface area contributed by atoms with E-state index in [-0.39, 0.29) is 12.6 Å². The number of hydrogen-bond acceptors (Lipinski definition) is 2. The Morgan fingerprint density at radius 1 is 1.33 bits per heavy atom. The molecular formula is C16H18O2. The number of esters is 1. The van der Waals surface area contributed by atoms with Crippen molar-refractivity contribution in [1.82, 2.24) is 0 Å². The van der Waals surface area contributed by atoms with Crippen LogP contribution in [0.2, 0.25) is 0 Å². The van der Waals surface area contributed by atoms with Crippen LogP contribution in [0.15, 0.2) is 66.3 Å². The van der Waals surface area contributed by atoms with Gasteiger partial charge in [-0.05, 0) is 25.5 Å². The zero-order valence-corrected chi connectivity index (χ0v) is 10.8. The van der Waals surface area contributed by atoms with E-state index in [2.05, 4.69) is 6.58 Å². The highest BCUT2D eigenvalue weighted by Crippen LogP contribution is 2.08. The fraction of sp³-hybridized carbons (Fsp3) is 0.188. The Hall–Kier alpha value is -2.09. The van der Waals surface area contributed by atoms with Crippen molar-refractivity contribution in [2.24, 2.45) is 0 Å². The van der Waals surface area contributed by atoms with Crippen LogP contribution in [-0.4, -0.2) is 5.97 Å². The van der Waals surface area contributed by atoms with Crippen LogP contribution in [0.25, 0.3) is 0 Å². The molecule has 0 atom stereocenters. The number of ether oxygens (including phenoxy) is 1. The van der Waals surface area contributed by atoms with Crippen LogP contribution in [-0.2, 0) is 16.1 Å². The summed E-state index contributed by atoms with van der Waals surface area (Å²) in [6.45, 7) is 7.75. The van der Waals surface area contributed by atoms with Gasteiger partial charge in [0.1, 0.15) is 6.61 Å². The van der Waals surface area contributed by atoms with E-state index >= 15 is 0 Å². The van der Waals surface area contributed by atoms with Crippen LogP contribution < -0.4 is 0 Å². The monoisotopic (exact) mass is 242 g/mol. The third-order valence-electron chi connectivity index (χ3n) is 2.51. The molecule has 1 aromatic carbocycles. The van der Waals surface area contributed by atoms with Crippen LogP contribution in [0.4, 0.5) is 0 Å². The van der Waals surface area contributed by atoms with Crippen LogP contribution >= 0.6 is 0 Å². The van der Waals surface area contributed by atoms with Gasteiger partial charge in [-0.15, -0.1) is 0 Å². The molecule has 0 radical (unpaired) electrons. The van der Waals surface area contributed by atoms with Gasteiger partial charge in [0.15, 0.2) is 0 Å². The van der Waals surface area contributed by atoms with Crippen LogP contribution in [0, 0.1) is 0 Å². The second kappa shape index (κ2) is 7.28. The molecule has 0 fully saturated rings. The minimum absolute atomic E-state index is 0.278. The van der Waals surface area contributed by atoms with Gasteiger partial charge < -0.3 is 4.74 Å². The Balaban J connectivity index is 2.64. The largest absolute Gasteiger partial charge is 0.457 e. The first-order valence-electron chi connectivity index (χ1n) is 5.85. The van der Waals surface area contributed by atoms with E-state index in [1.54, 1.807) is 6.08 Å². The van der Waals surface area contributed by atoms with Crippen molar-refractivity contribution in [2.75, 3.05) is 0 Å². The lowest BCUT2D eigenvalue weighted by atomic mass is 10.1. The Kier molecular flexibility index (Phi) is 5.65. The predicted molar refractivity (Wildman–Crippen MR) is 73.9 cm³/mol. The van der Waals surface area contributed by atoms with Crippen LogP contribution in [0.5, 0.6) is 0 Å². The van der Waals surface area contributed by atoms with Gasteiger partial charge in [0.25, 0.3) is 0 Å². The second-order valence-corrected chi connectivity index (χ2v) is 3.90. The van der Waals surface area contributed by atoms with Gasteiger partial charge in [0, 0.05) is 0 Å². The summed E-state index contributed by atoms with van der Waals surface area (Å²) in [6.07, 6.45) is 5.20. The predicted octanol–water partition coefficient (Wildman–Crippen LogP) is 3.81. The second-order valence-electron chi connectivity index (χ2n) is 3.90. The molecule has 0 aliphatic heterocycles. The van der Waals surface area contributed by atoms with E-state index in [0.29, 0.717) is 5.57 Å². The molecule has 0 aromatic heterocycles. The quantitative estimate of drug-likeness (QED) is 0.446. The van der Waals surface area contributed by atoms with E-state index in [1.807, 2.05) is 50.3 Å². The first kappa shape index (κ1) is 14.0. The number of benzene rings is 1. The van der Waals surface area contributed by atoms with Crippen molar-refractivity contribution in [2.45, 2.75) is 20.5 Å². The van der Waals surface area contributed by atoms with Gasteiger partial charge in [-0.2, -0.15) is 0 Å².